The Bertz CT molecular complexity index is 976. The van der Waals surface area contributed by atoms with Crippen molar-refractivity contribution in [2.24, 2.45) is 0 Å². The van der Waals surface area contributed by atoms with Crippen molar-refractivity contribution in [3.05, 3.63) is 54.1 Å². The topological polar surface area (TPSA) is 84.9 Å². The van der Waals surface area contributed by atoms with Gasteiger partial charge in [0.2, 0.25) is 0 Å². The minimum atomic E-state index is -4.48. The molecule has 10 heteroatoms. The Morgan fingerprint density at radius 3 is 2.52 bits per heavy atom. The number of esters is 1. The summed E-state index contributed by atoms with van der Waals surface area (Å²) >= 11 is 0. The Labute approximate surface area is 175 Å². The molecule has 1 atom stereocenters. The molecule has 1 aliphatic heterocycles. The van der Waals surface area contributed by atoms with E-state index < -0.39 is 29.7 Å². The Kier molecular flexibility index (Phi) is 6.47. The summed E-state index contributed by atoms with van der Waals surface area (Å²) in [5.74, 6) is -1.17. The number of hydrogen-bond acceptors (Lipinski definition) is 5. The number of carbonyl (C=O) groups excluding carboxylic acids is 3. The number of rotatable bonds is 6. The number of fused-ring (bicyclic) bond motifs is 1. The maximum absolute atomic E-state index is 12.6. The average molecular weight is 436 g/mol. The second-order valence-corrected chi connectivity index (χ2v) is 6.75. The Balaban J connectivity index is 1.51. The van der Waals surface area contributed by atoms with Gasteiger partial charge < -0.3 is 19.7 Å². The van der Waals surface area contributed by atoms with Crippen LogP contribution < -0.4 is 15.0 Å². The molecule has 0 saturated heterocycles. The normalized spacial score (nSPS) is 14.3. The lowest BCUT2D eigenvalue weighted by molar-refractivity contribution is -0.153. The van der Waals surface area contributed by atoms with Crippen molar-refractivity contribution in [3.8, 4) is 5.75 Å². The Hall–Kier alpha value is -3.56. The zero-order chi connectivity index (χ0) is 22.6. The van der Waals surface area contributed by atoms with Gasteiger partial charge in [0.1, 0.15) is 5.75 Å². The van der Waals surface area contributed by atoms with E-state index in [0.717, 1.165) is 24.3 Å². The highest BCUT2D eigenvalue weighted by atomic mass is 19.4. The third-order valence-electron chi connectivity index (χ3n) is 4.51. The highest BCUT2D eigenvalue weighted by Crippen LogP contribution is 2.31. The molecule has 0 radical (unpaired) electrons. The van der Waals surface area contributed by atoms with E-state index in [2.05, 4.69) is 5.32 Å². The largest absolute Gasteiger partial charge is 0.482 e. The second kappa shape index (κ2) is 9.07. The fourth-order valence-electron chi connectivity index (χ4n) is 2.90. The number of amides is 2. The van der Waals surface area contributed by atoms with Crippen LogP contribution in [0.3, 0.4) is 0 Å². The number of alkyl halides is 3. The van der Waals surface area contributed by atoms with Crippen molar-refractivity contribution in [2.45, 2.75) is 25.6 Å². The molecule has 2 aromatic carbocycles. The first kappa shape index (κ1) is 22.1. The van der Waals surface area contributed by atoms with E-state index >= 15 is 0 Å². The van der Waals surface area contributed by atoms with Gasteiger partial charge in [0, 0.05) is 12.2 Å². The van der Waals surface area contributed by atoms with Gasteiger partial charge in [-0.3, -0.25) is 14.4 Å². The third-order valence-corrected chi connectivity index (χ3v) is 4.51. The third kappa shape index (κ3) is 5.53. The molecule has 2 amide bonds. The zero-order valence-corrected chi connectivity index (χ0v) is 16.4. The van der Waals surface area contributed by atoms with Gasteiger partial charge in [-0.2, -0.15) is 13.2 Å². The molecule has 1 N–H and O–H groups in total. The molecular formula is C21H19F3N2O5. The van der Waals surface area contributed by atoms with Gasteiger partial charge in [0.25, 0.3) is 11.8 Å². The van der Waals surface area contributed by atoms with Crippen molar-refractivity contribution in [1.29, 1.82) is 0 Å². The first-order valence-electron chi connectivity index (χ1n) is 9.35. The molecular weight excluding hydrogens is 417 g/mol. The maximum Gasteiger partial charge on any atom is 0.416 e. The first-order chi connectivity index (χ1) is 14.6. The van der Waals surface area contributed by atoms with Crippen molar-refractivity contribution in [2.75, 3.05) is 23.4 Å². The monoisotopic (exact) mass is 436 g/mol. The minimum Gasteiger partial charge on any atom is -0.482 e. The molecule has 0 bridgehead atoms. The quantitative estimate of drug-likeness (QED) is 0.702. The molecule has 0 aromatic heterocycles. The lowest BCUT2D eigenvalue weighted by Crippen LogP contribution is -2.40. The molecule has 31 heavy (non-hydrogen) atoms. The van der Waals surface area contributed by atoms with E-state index in [9.17, 15) is 27.6 Å². The number of halogens is 3. The Morgan fingerprint density at radius 1 is 1.16 bits per heavy atom. The SMILES string of the molecule is CC(OC(=O)CCN1C(=O)COc2ccccc21)C(=O)Nc1ccc(C(F)(F)F)cc1. The van der Waals surface area contributed by atoms with E-state index in [1.54, 1.807) is 24.3 Å². The predicted molar refractivity (Wildman–Crippen MR) is 105 cm³/mol. The van der Waals surface area contributed by atoms with Crippen LogP contribution in [0.15, 0.2) is 48.5 Å². The second-order valence-electron chi connectivity index (χ2n) is 6.75. The highest BCUT2D eigenvalue weighted by molar-refractivity contribution is 5.98. The molecule has 1 unspecified atom stereocenters. The number of carbonyl (C=O) groups is 3. The molecule has 3 rings (SSSR count). The summed E-state index contributed by atoms with van der Waals surface area (Å²) in [7, 11) is 0. The van der Waals surface area contributed by atoms with Gasteiger partial charge in [0.05, 0.1) is 17.7 Å². The van der Waals surface area contributed by atoms with Crippen molar-refractivity contribution < 1.29 is 37.0 Å². The van der Waals surface area contributed by atoms with Crippen LogP contribution in [0.2, 0.25) is 0 Å². The summed E-state index contributed by atoms with van der Waals surface area (Å²) in [4.78, 5) is 37.8. The zero-order valence-electron chi connectivity index (χ0n) is 16.4. The molecule has 2 aromatic rings. The van der Waals surface area contributed by atoms with E-state index in [4.69, 9.17) is 9.47 Å². The van der Waals surface area contributed by atoms with E-state index in [1.165, 1.54) is 11.8 Å². The van der Waals surface area contributed by atoms with Crippen LogP contribution in [0.4, 0.5) is 24.5 Å². The van der Waals surface area contributed by atoms with Gasteiger partial charge in [-0.1, -0.05) is 12.1 Å². The van der Waals surface area contributed by atoms with Crippen LogP contribution in [-0.4, -0.2) is 37.0 Å². The van der Waals surface area contributed by atoms with Crippen molar-refractivity contribution in [1.82, 2.24) is 0 Å². The number of hydrogen-bond donors (Lipinski definition) is 1. The van der Waals surface area contributed by atoms with Crippen molar-refractivity contribution in [3.63, 3.8) is 0 Å². The smallest absolute Gasteiger partial charge is 0.416 e. The van der Waals surface area contributed by atoms with Gasteiger partial charge in [-0.15, -0.1) is 0 Å². The minimum absolute atomic E-state index is 0.0469. The molecule has 0 fully saturated rings. The molecule has 0 spiro atoms. The van der Waals surface area contributed by atoms with Crippen LogP contribution in [0.25, 0.3) is 0 Å². The molecule has 1 aliphatic rings. The summed E-state index contributed by atoms with van der Waals surface area (Å²) in [6.07, 6.45) is -5.81. The number of benzene rings is 2. The van der Waals surface area contributed by atoms with Crippen LogP contribution in [0.1, 0.15) is 18.9 Å². The van der Waals surface area contributed by atoms with Crippen LogP contribution in [-0.2, 0) is 25.3 Å². The number of nitrogens with one attached hydrogen (secondary N) is 1. The highest BCUT2D eigenvalue weighted by Gasteiger charge is 2.30. The van der Waals surface area contributed by atoms with Gasteiger partial charge >= 0.3 is 12.1 Å². The maximum atomic E-state index is 12.6. The van der Waals surface area contributed by atoms with Crippen LogP contribution in [0, 0.1) is 0 Å². The number of para-hydroxylation sites is 2. The van der Waals surface area contributed by atoms with E-state index in [0.29, 0.717) is 11.4 Å². The summed E-state index contributed by atoms with van der Waals surface area (Å²) in [6.45, 7) is 1.25. The molecule has 164 valence electrons. The van der Waals surface area contributed by atoms with E-state index in [1.807, 2.05) is 0 Å². The number of anilines is 2. The molecule has 7 nitrogen and oxygen atoms in total. The van der Waals surface area contributed by atoms with Gasteiger partial charge in [-0.05, 0) is 43.3 Å². The summed E-state index contributed by atoms with van der Waals surface area (Å²) in [5, 5.41) is 2.39. The fraction of sp³-hybridized carbons (Fsp3) is 0.286. The van der Waals surface area contributed by atoms with Crippen molar-refractivity contribution >= 4 is 29.2 Å². The van der Waals surface area contributed by atoms with Gasteiger partial charge in [0.15, 0.2) is 12.7 Å². The van der Waals surface area contributed by atoms with Gasteiger partial charge in [-0.25, -0.2) is 0 Å². The summed E-state index contributed by atoms with van der Waals surface area (Å²) < 4.78 is 48.2. The fourth-order valence-corrected chi connectivity index (χ4v) is 2.90. The summed E-state index contributed by atoms with van der Waals surface area (Å²) in [5.41, 5.74) is -0.166. The lowest BCUT2D eigenvalue weighted by atomic mass is 10.2. The first-order valence-corrected chi connectivity index (χ1v) is 9.35. The lowest BCUT2D eigenvalue weighted by Gasteiger charge is -2.29. The number of ether oxygens (including phenoxy) is 2. The van der Waals surface area contributed by atoms with Crippen LogP contribution in [0.5, 0.6) is 5.75 Å². The molecule has 1 heterocycles. The average Bonchev–Trinajstić information content (AvgIpc) is 2.72. The summed E-state index contributed by atoms with van der Waals surface area (Å²) in [6, 6.07) is 10.8. The van der Waals surface area contributed by atoms with E-state index in [-0.39, 0.29) is 31.2 Å². The van der Waals surface area contributed by atoms with Crippen LogP contribution >= 0.6 is 0 Å². The molecule has 0 saturated carbocycles. The number of nitrogens with zero attached hydrogens (tertiary/aromatic N) is 1. The predicted octanol–water partition coefficient (Wildman–Crippen LogP) is 3.39. The Morgan fingerprint density at radius 2 is 1.84 bits per heavy atom. The molecule has 0 aliphatic carbocycles. The standard InChI is InChI=1S/C21H19F3N2O5/c1-13(20(29)25-15-8-6-14(7-9-15)21(22,23)24)31-19(28)10-11-26-16-4-2-3-5-17(16)30-12-18(26)27/h2-9,13H,10-12H2,1H3,(H,25,29).